The van der Waals surface area contributed by atoms with E-state index in [1.165, 1.54) is 6.08 Å². The van der Waals surface area contributed by atoms with E-state index in [1.54, 1.807) is 54.6 Å². The van der Waals surface area contributed by atoms with Gasteiger partial charge in [-0.3, -0.25) is 4.79 Å². The summed E-state index contributed by atoms with van der Waals surface area (Å²) in [6.07, 6.45) is 1.53. The Labute approximate surface area is 185 Å². The Morgan fingerprint density at radius 3 is 2.27 bits per heavy atom. The van der Waals surface area contributed by atoms with Crippen LogP contribution in [0.2, 0.25) is 10.0 Å². The molecule has 0 aliphatic heterocycles. The summed E-state index contributed by atoms with van der Waals surface area (Å²) in [5, 5.41) is 13.2. The lowest BCUT2D eigenvalue weighted by molar-refractivity contribution is -0.112. The molecule has 150 valence electrons. The fraction of sp³-hybridized carbons (Fsp3) is 0.0833. The minimum absolute atomic E-state index is 0.00657. The standard InChI is InChI=1S/C24H18Cl2N2O2/c1-16-5-9-19(10-6-16)28-24(29)18(14-27)13-17-7-11-20(12-8-17)30-15-21-22(25)3-2-4-23(21)26/h2-13H,15H2,1H3,(H,28,29)/b18-13+. The van der Waals surface area contributed by atoms with Crippen molar-refractivity contribution in [3.05, 3.63) is 99.0 Å². The van der Waals surface area contributed by atoms with Gasteiger partial charge in [-0.05, 0) is 55.0 Å². The van der Waals surface area contributed by atoms with Crippen LogP contribution in [0.4, 0.5) is 5.69 Å². The number of amides is 1. The van der Waals surface area contributed by atoms with Crippen LogP contribution in [0.5, 0.6) is 5.75 Å². The molecular weight excluding hydrogens is 419 g/mol. The molecule has 0 atom stereocenters. The van der Waals surface area contributed by atoms with Crippen molar-refractivity contribution < 1.29 is 9.53 Å². The molecular formula is C24H18Cl2N2O2. The monoisotopic (exact) mass is 436 g/mol. The third-order valence-electron chi connectivity index (χ3n) is 4.31. The third-order valence-corrected chi connectivity index (χ3v) is 5.02. The van der Waals surface area contributed by atoms with E-state index in [1.807, 2.05) is 25.1 Å². The molecule has 1 N–H and O–H groups in total. The smallest absolute Gasteiger partial charge is 0.266 e. The summed E-state index contributed by atoms with van der Waals surface area (Å²) >= 11 is 12.3. The van der Waals surface area contributed by atoms with Crippen LogP contribution in [0, 0.1) is 18.3 Å². The van der Waals surface area contributed by atoms with Gasteiger partial charge in [0, 0.05) is 21.3 Å². The van der Waals surface area contributed by atoms with Crippen molar-refractivity contribution in [2.75, 3.05) is 5.32 Å². The number of rotatable bonds is 6. The highest BCUT2D eigenvalue weighted by Crippen LogP contribution is 2.26. The normalized spacial score (nSPS) is 10.9. The summed E-state index contributed by atoms with van der Waals surface area (Å²) in [6, 6.07) is 21.6. The maximum atomic E-state index is 12.4. The van der Waals surface area contributed by atoms with Crippen LogP contribution in [0.15, 0.2) is 72.3 Å². The Morgan fingerprint density at radius 2 is 1.67 bits per heavy atom. The quantitative estimate of drug-likeness (QED) is 0.357. The van der Waals surface area contributed by atoms with Gasteiger partial charge in [0.25, 0.3) is 5.91 Å². The van der Waals surface area contributed by atoms with Gasteiger partial charge in [-0.1, -0.05) is 59.1 Å². The van der Waals surface area contributed by atoms with Gasteiger partial charge in [-0.25, -0.2) is 0 Å². The number of carbonyl (C=O) groups excluding carboxylic acids is 1. The van der Waals surface area contributed by atoms with Crippen LogP contribution >= 0.6 is 23.2 Å². The number of aryl methyl sites for hydroxylation is 1. The molecule has 0 aromatic heterocycles. The average Bonchev–Trinajstić information content (AvgIpc) is 2.74. The maximum Gasteiger partial charge on any atom is 0.266 e. The van der Waals surface area contributed by atoms with Crippen molar-refractivity contribution in [3.63, 3.8) is 0 Å². The van der Waals surface area contributed by atoms with Gasteiger partial charge in [0.1, 0.15) is 24.0 Å². The lowest BCUT2D eigenvalue weighted by atomic mass is 10.1. The molecule has 30 heavy (non-hydrogen) atoms. The topological polar surface area (TPSA) is 62.1 Å². The summed E-state index contributed by atoms with van der Waals surface area (Å²) < 4.78 is 5.74. The zero-order valence-corrected chi connectivity index (χ0v) is 17.7. The van der Waals surface area contributed by atoms with E-state index in [2.05, 4.69) is 5.32 Å². The molecule has 3 aromatic carbocycles. The van der Waals surface area contributed by atoms with E-state index in [0.29, 0.717) is 32.6 Å². The summed E-state index contributed by atoms with van der Waals surface area (Å²) in [7, 11) is 0. The molecule has 0 radical (unpaired) electrons. The Kier molecular flexibility index (Phi) is 7.13. The molecule has 3 aromatic rings. The molecule has 0 fully saturated rings. The highest BCUT2D eigenvalue weighted by atomic mass is 35.5. The number of nitrogens with one attached hydrogen (secondary N) is 1. The summed E-state index contributed by atoms with van der Waals surface area (Å²) in [6.45, 7) is 2.19. The van der Waals surface area contributed by atoms with Crippen molar-refractivity contribution >= 4 is 40.9 Å². The van der Waals surface area contributed by atoms with Crippen molar-refractivity contribution in [2.45, 2.75) is 13.5 Å². The number of benzene rings is 3. The number of nitrogens with zero attached hydrogens (tertiary/aromatic N) is 1. The van der Waals surface area contributed by atoms with E-state index in [4.69, 9.17) is 27.9 Å². The van der Waals surface area contributed by atoms with E-state index >= 15 is 0 Å². The molecule has 0 spiro atoms. The predicted molar refractivity (Wildman–Crippen MR) is 121 cm³/mol. The minimum Gasteiger partial charge on any atom is -0.489 e. The molecule has 0 saturated carbocycles. The minimum atomic E-state index is -0.463. The first-order valence-corrected chi connectivity index (χ1v) is 9.87. The van der Waals surface area contributed by atoms with Gasteiger partial charge in [0.2, 0.25) is 0 Å². The van der Waals surface area contributed by atoms with Crippen LogP contribution in [0.3, 0.4) is 0 Å². The SMILES string of the molecule is Cc1ccc(NC(=O)/C(C#N)=C/c2ccc(OCc3c(Cl)cccc3Cl)cc2)cc1. The lowest BCUT2D eigenvalue weighted by Gasteiger charge is -2.09. The van der Waals surface area contributed by atoms with Gasteiger partial charge in [-0.2, -0.15) is 5.26 Å². The van der Waals surface area contributed by atoms with Gasteiger partial charge in [-0.15, -0.1) is 0 Å². The average molecular weight is 437 g/mol. The van der Waals surface area contributed by atoms with Gasteiger partial charge in [0.05, 0.1) is 0 Å². The highest BCUT2D eigenvalue weighted by Gasteiger charge is 2.10. The van der Waals surface area contributed by atoms with E-state index in [-0.39, 0.29) is 12.2 Å². The number of halogens is 2. The number of hydrogen-bond acceptors (Lipinski definition) is 3. The first kappa shape index (κ1) is 21.4. The molecule has 0 unspecified atom stereocenters. The van der Waals surface area contributed by atoms with Crippen LogP contribution in [-0.2, 0) is 11.4 Å². The Balaban J connectivity index is 1.66. The summed E-state index contributed by atoms with van der Waals surface area (Å²) in [4.78, 5) is 12.4. The number of carbonyl (C=O) groups is 1. The van der Waals surface area contributed by atoms with Crippen LogP contribution in [-0.4, -0.2) is 5.91 Å². The fourth-order valence-electron chi connectivity index (χ4n) is 2.64. The van der Waals surface area contributed by atoms with Gasteiger partial charge >= 0.3 is 0 Å². The molecule has 0 bridgehead atoms. The number of anilines is 1. The molecule has 3 rings (SSSR count). The number of hydrogen-bond donors (Lipinski definition) is 1. The second kappa shape index (κ2) is 9.98. The van der Waals surface area contributed by atoms with Crippen LogP contribution in [0.25, 0.3) is 6.08 Å². The Hall–Kier alpha value is -3.26. The molecule has 4 nitrogen and oxygen atoms in total. The van der Waals surface area contributed by atoms with Crippen LogP contribution < -0.4 is 10.1 Å². The van der Waals surface area contributed by atoms with E-state index in [0.717, 1.165) is 5.56 Å². The lowest BCUT2D eigenvalue weighted by Crippen LogP contribution is -2.13. The third kappa shape index (κ3) is 5.64. The van der Waals surface area contributed by atoms with E-state index in [9.17, 15) is 10.1 Å². The second-order valence-corrected chi connectivity index (χ2v) is 7.36. The first-order chi connectivity index (χ1) is 14.5. The molecule has 6 heteroatoms. The summed E-state index contributed by atoms with van der Waals surface area (Å²) in [5.41, 5.74) is 3.14. The summed E-state index contributed by atoms with van der Waals surface area (Å²) in [5.74, 6) is 0.154. The van der Waals surface area contributed by atoms with Crippen molar-refractivity contribution in [3.8, 4) is 11.8 Å². The van der Waals surface area contributed by atoms with Crippen molar-refractivity contribution in [2.24, 2.45) is 0 Å². The zero-order valence-electron chi connectivity index (χ0n) is 16.2. The van der Waals surface area contributed by atoms with Crippen molar-refractivity contribution in [1.82, 2.24) is 0 Å². The molecule has 0 aliphatic carbocycles. The van der Waals surface area contributed by atoms with Gasteiger partial charge < -0.3 is 10.1 Å². The van der Waals surface area contributed by atoms with Gasteiger partial charge in [0.15, 0.2) is 0 Å². The Bertz CT molecular complexity index is 1100. The first-order valence-electron chi connectivity index (χ1n) is 9.12. The number of ether oxygens (including phenoxy) is 1. The zero-order chi connectivity index (χ0) is 21.5. The predicted octanol–water partition coefficient (Wildman–Crippen LogP) is 6.43. The molecule has 0 aliphatic rings. The largest absolute Gasteiger partial charge is 0.489 e. The van der Waals surface area contributed by atoms with E-state index < -0.39 is 5.91 Å². The van der Waals surface area contributed by atoms with Crippen LogP contribution in [0.1, 0.15) is 16.7 Å². The number of nitriles is 1. The van der Waals surface area contributed by atoms with Crippen molar-refractivity contribution in [1.29, 1.82) is 5.26 Å². The second-order valence-electron chi connectivity index (χ2n) is 6.55. The maximum absolute atomic E-state index is 12.4. The molecule has 1 amide bonds. The molecule has 0 saturated heterocycles. The molecule has 0 heterocycles. The Morgan fingerprint density at radius 1 is 1.03 bits per heavy atom. The fourth-order valence-corrected chi connectivity index (χ4v) is 3.14. The highest BCUT2D eigenvalue weighted by molar-refractivity contribution is 6.35.